The highest BCUT2D eigenvalue weighted by Crippen LogP contribution is 2.21. The average Bonchev–Trinajstić information content (AvgIpc) is 2.50. The van der Waals surface area contributed by atoms with E-state index >= 15 is 0 Å². The number of amides is 1. The highest BCUT2D eigenvalue weighted by atomic mass is 19.2. The molecular weight excluding hydrogens is 297 g/mol. The number of carbonyl (C=O) groups excluding carboxylic acids is 1. The predicted molar refractivity (Wildman–Crippen MR) is 74.5 cm³/mol. The number of hydrogen-bond acceptors (Lipinski definition) is 3. The summed E-state index contributed by atoms with van der Waals surface area (Å²) in [5.74, 6) is -4.72. The van der Waals surface area contributed by atoms with Crippen LogP contribution < -0.4 is 5.32 Å². The Morgan fingerprint density at radius 2 is 1.86 bits per heavy atom. The van der Waals surface area contributed by atoms with Gasteiger partial charge in [0, 0.05) is 5.92 Å². The van der Waals surface area contributed by atoms with Crippen molar-refractivity contribution in [1.82, 2.24) is 10.2 Å². The Morgan fingerprint density at radius 3 is 2.36 bits per heavy atom. The van der Waals surface area contributed by atoms with E-state index in [-0.39, 0.29) is 17.4 Å². The number of aliphatic hydroxyl groups is 1. The molecular formula is C15H19F3N2O2. The quantitative estimate of drug-likeness (QED) is 0.830. The van der Waals surface area contributed by atoms with Crippen molar-refractivity contribution in [3.63, 3.8) is 0 Å². The first-order chi connectivity index (χ1) is 10.4. The summed E-state index contributed by atoms with van der Waals surface area (Å²) in [4.78, 5) is 14.3. The summed E-state index contributed by atoms with van der Waals surface area (Å²) in [5.41, 5.74) is 0.000164. The van der Waals surface area contributed by atoms with E-state index in [1.54, 1.807) is 0 Å². The van der Waals surface area contributed by atoms with Gasteiger partial charge in [0.2, 0.25) is 5.91 Å². The maximum atomic E-state index is 13.3. The zero-order valence-electron chi connectivity index (χ0n) is 12.3. The van der Waals surface area contributed by atoms with Crippen LogP contribution in [0.5, 0.6) is 0 Å². The topological polar surface area (TPSA) is 52.6 Å². The molecule has 122 valence electrons. The first kappa shape index (κ1) is 16.8. The number of halogens is 3. The van der Waals surface area contributed by atoms with Crippen LogP contribution in [-0.2, 0) is 4.79 Å². The number of rotatable bonds is 4. The molecule has 1 aromatic rings. The molecule has 1 fully saturated rings. The number of carbonyl (C=O) groups is 1. The molecule has 22 heavy (non-hydrogen) atoms. The summed E-state index contributed by atoms with van der Waals surface area (Å²) >= 11 is 0. The van der Waals surface area contributed by atoms with Crippen LogP contribution in [-0.4, -0.2) is 42.7 Å². The second-order valence-electron chi connectivity index (χ2n) is 5.62. The molecule has 4 nitrogen and oxygen atoms in total. The lowest BCUT2D eigenvalue weighted by molar-refractivity contribution is -0.127. The van der Waals surface area contributed by atoms with E-state index < -0.39 is 30.1 Å². The molecule has 1 aromatic carbocycles. The lowest BCUT2D eigenvalue weighted by Crippen LogP contribution is -2.41. The highest BCUT2D eigenvalue weighted by molar-refractivity contribution is 5.79. The Kier molecular flexibility index (Phi) is 5.42. The standard InChI is InChI=1S/C15H19F3N2O2/c1-20-4-2-9(3-5-20)15(22)19-13(8-21)10-6-11(16)14(18)12(17)7-10/h6-7,9,13,21H,2-5,8H2,1H3,(H,19,22). The Hall–Kier alpha value is -1.60. The predicted octanol–water partition coefficient (Wildman–Crippen LogP) is 1.60. The van der Waals surface area contributed by atoms with Crippen LogP contribution >= 0.6 is 0 Å². The minimum absolute atomic E-state index is 0.000164. The molecule has 2 N–H and O–H groups in total. The van der Waals surface area contributed by atoms with Crippen LogP contribution in [0.3, 0.4) is 0 Å². The maximum absolute atomic E-state index is 13.3. The summed E-state index contributed by atoms with van der Waals surface area (Å²) in [6, 6.07) is 0.611. The van der Waals surface area contributed by atoms with Gasteiger partial charge in [-0.05, 0) is 50.7 Å². The Balaban J connectivity index is 2.07. The number of aliphatic hydroxyl groups excluding tert-OH is 1. The molecule has 1 atom stereocenters. The molecule has 0 radical (unpaired) electrons. The van der Waals surface area contributed by atoms with Gasteiger partial charge in [-0.25, -0.2) is 13.2 Å². The summed E-state index contributed by atoms with van der Waals surface area (Å²) in [6.45, 7) is 1.06. The van der Waals surface area contributed by atoms with Crippen LogP contribution in [0.4, 0.5) is 13.2 Å². The summed E-state index contributed by atoms with van der Waals surface area (Å²) in [5, 5.41) is 11.9. The van der Waals surface area contributed by atoms with Crippen LogP contribution in [0, 0.1) is 23.4 Å². The fourth-order valence-electron chi connectivity index (χ4n) is 2.57. The molecule has 1 saturated heterocycles. The number of nitrogens with one attached hydrogen (secondary N) is 1. The largest absolute Gasteiger partial charge is 0.394 e. The minimum atomic E-state index is -1.57. The molecule has 1 heterocycles. The van der Waals surface area contributed by atoms with Gasteiger partial charge in [0.05, 0.1) is 12.6 Å². The van der Waals surface area contributed by atoms with Gasteiger partial charge in [-0.15, -0.1) is 0 Å². The minimum Gasteiger partial charge on any atom is -0.394 e. The van der Waals surface area contributed by atoms with Crippen molar-refractivity contribution in [2.75, 3.05) is 26.7 Å². The first-order valence-electron chi connectivity index (χ1n) is 7.16. The fourth-order valence-corrected chi connectivity index (χ4v) is 2.57. The number of piperidine rings is 1. The zero-order chi connectivity index (χ0) is 16.3. The zero-order valence-corrected chi connectivity index (χ0v) is 12.3. The normalized spacial score (nSPS) is 18.2. The molecule has 0 bridgehead atoms. The molecule has 1 aliphatic heterocycles. The Bertz CT molecular complexity index is 523. The molecule has 0 aromatic heterocycles. The summed E-state index contributed by atoms with van der Waals surface area (Å²) < 4.78 is 39.5. The molecule has 0 aliphatic carbocycles. The third kappa shape index (κ3) is 3.78. The lowest BCUT2D eigenvalue weighted by Gasteiger charge is -2.29. The summed E-state index contributed by atoms with van der Waals surface area (Å²) in [6.07, 6.45) is 1.37. The van der Waals surface area contributed by atoms with Crippen molar-refractivity contribution in [3.05, 3.63) is 35.1 Å². The van der Waals surface area contributed by atoms with Crippen molar-refractivity contribution in [1.29, 1.82) is 0 Å². The van der Waals surface area contributed by atoms with Crippen LogP contribution in [0.25, 0.3) is 0 Å². The van der Waals surface area contributed by atoms with E-state index in [9.17, 15) is 23.1 Å². The van der Waals surface area contributed by atoms with Crippen LogP contribution in [0.2, 0.25) is 0 Å². The summed E-state index contributed by atoms with van der Waals surface area (Å²) in [7, 11) is 1.97. The van der Waals surface area contributed by atoms with Crippen molar-refractivity contribution in [2.45, 2.75) is 18.9 Å². The molecule has 2 rings (SSSR count). The van der Waals surface area contributed by atoms with Gasteiger partial charge in [-0.3, -0.25) is 4.79 Å². The van der Waals surface area contributed by atoms with Gasteiger partial charge in [0.15, 0.2) is 17.5 Å². The van der Waals surface area contributed by atoms with E-state index in [0.717, 1.165) is 25.2 Å². The second-order valence-corrected chi connectivity index (χ2v) is 5.62. The van der Waals surface area contributed by atoms with E-state index in [0.29, 0.717) is 12.8 Å². The molecule has 1 aliphatic rings. The average molecular weight is 316 g/mol. The number of hydrogen-bond donors (Lipinski definition) is 2. The van der Waals surface area contributed by atoms with E-state index in [1.807, 2.05) is 7.05 Å². The smallest absolute Gasteiger partial charge is 0.223 e. The SMILES string of the molecule is CN1CCC(C(=O)NC(CO)c2cc(F)c(F)c(F)c2)CC1. The van der Waals surface area contributed by atoms with E-state index in [2.05, 4.69) is 10.2 Å². The third-order valence-corrected chi connectivity index (χ3v) is 4.00. The lowest BCUT2D eigenvalue weighted by atomic mass is 9.95. The van der Waals surface area contributed by atoms with Crippen LogP contribution in [0.15, 0.2) is 12.1 Å². The van der Waals surface area contributed by atoms with Crippen LogP contribution in [0.1, 0.15) is 24.4 Å². The van der Waals surface area contributed by atoms with Gasteiger partial charge < -0.3 is 15.3 Å². The van der Waals surface area contributed by atoms with Crippen molar-refractivity contribution >= 4 is 5.91 Å². The maximum Gasteiger partial charge on any atom is 0.223 e. The second kappa shape index (κ2) is 7.11. The Labute approximate surface area is 126 Å². The van der Waals surface area contributed by atoms with Gasteiger partial charge in [-0.2, -0.15) is 0 Å². The fraction of sp³-hybridized carbons (Fsp3) is 0.533. The third-order valence-electron chi connectivity index (χ3n) is 4.00. The number of nitrogens with zero attached hydrogens (tertiary/aromatic N) is 1. The van der Waals surface area contributed by atoms with Gasteiger partial charge >= 0.3 is 0 Å². The van der Waals surface area contributed by atoms with Gasteiger partial charge in [-0.1, -0.05) is 0 Å². The molecule has 0 spiro atoms. The highest BCUT2D eigenvalue weighted by Gasteiger charge is 2.26. The monoisotopic (exact) mass is 316 g/mol. The molecule has 1 amide bonds. The van der Waals surface area contributed by atoms with E-state index in [4.69, 9.17) is 0 Å². The molecule has 7 heteroatoms. The van der Waals surface area contributed by atoms with Gasteiger partial charge in [0.1, 0.15) is 0 Å². The molecule has 1 unspecified atom stereocenters. The Morgan fingerprint density at radius 1 is 1.32 bits per heavy atom. The molecule has 0 saturated carbocycles. The van der Waals surface area contributed by atoms with Crippen molar-refractivity contribution in [3.8, 4) is 0 Å². The van der Waals surface area contributed by atoms with Gasteiger partial charge in [0.25, 0.3) is 0 Å². The number of likely N-dealkylation sites (tertiary alicyclic amines) is 1. The van der Waals surface area contributed by atoms with Crippen molar-refractivity contribution < 1.29 is 23.1 Å². The van der Waals surface area contributed by atoms with Crippen molar-refractivity contribution in [2.24, 2.45) is 5.92 Å². The first-order valence-corrected chi connectivity index (χ1v) is 7.16. The van der Waals surface area contributed by atoms with E-state index in [1.165, 1.54) is 0 Å². The number of benzene rings is 1.